The highest BCUT2D eigenvalue weighted by molar-refractivity contribution is 7.89. The topological polar surface area (TPSA) is 99.1 Å². The lowest BCUT2D eigenvalue weighted by Gasteiger charge is -1.99. The van der Waals surface area contributed by atoms with E-state index in [0.29, 0.717) is 5.69 Å². The second-order valence-electron chi connectivity index (χ2n) is 5.49. The minimum Gasteiger partial charge on any atom is -0.399 e. The molecule has 0 saturated carbocycles. The molecular weight excluding hydrogens is 334 g/mol. The fourth-order valence-electron chi connectivity index (χ4n) is 2.38. The van der Waals surface area contributed by atoms with Gasteiger partial charge in [-0.05, 0) is 42.5 Å². The molecule has 4 aromatic rings. The van der Waals surface area contributed by atoms with Crippen LogP contribution in [-0.2, 0) is 10.0 Å². The average molecular weight is 351 g/mol. The lowest BCUT2D eigenvalue weighted by molar-refractivity contribution is 0.598. The first kappa shape index (κ1) is 16.9. The average Bonchev–Trinajstić information content (AvgIpc) is 2.60. The SMILES string of the molecule is Nc1ccc(S(N)(=O)=O)cc1.c1ccc2nc3ccccc3cc2c1. The summed E-state index contributed by atoms with van der Waals surface area (Å²) in [6, 6.07) is 24.3. The third-order valence-corrected chi connectivity index (χ3v) is 4.56. The molecule has 126 valence electrons. The van der Waals surface area contributed by atoms with Crippen molar-refractivity contribution in [2.45, 2.75) is 4.90 Å². The van der Waals surface area contributed by atoms with Crippen LogP contribution in [0, 0.1) is 0 Å². The molecule has 0 aliphatic rings. The first-order valence-electron chi connectivity index (χ1n) is 7.56. The van der Waals surface area contributed by atoms with E-state index in [0.717, 1.165) is 11.0 Å². The summed E-state index contributed by atoms with van der Waals surface area (Å²) in [6.07, 6.45) is 0. The molecule has 4 N–H and O–H groups in total. The normalized spacial score (nSPS) is 11.1. The molecule has 0 radical (unpaired) electrons. The van der Waals surface area contributed by atoms with Gasteiger partial charge >= 0.3 is 0 Å². The van der Waals surface area contributed by atoms with Crippen LogP contribution >= 0.6 is 0 Å². The van der Waals surface area contributed by atoms with Crippen LogP contribution in [0.4, 0.5) is 5.69 Å². The Morgan fingerprint density at radius 3 is 1.68 bits per heavy atom. The zero-order valence-electron chi connectivity index (χ0n) is 13.3. The number of benzene rings is 3. The Morgan fingerprint density at radius 2 is 1.20 bits per heavy atom. The molecule has 6 heteroatoms. The van der Waals surface area contributed by atoms with Crippen molar-refractivity contribution in [2.24, 2.45) is 5.14 Å². The van der Waals surface area contributed by atoms with Crippen LogP contribution in [0.1, 0.15) is 0 Å². The fourth-order valence-corrected chi connectivity index (χ4v) is 2.89. The molecule has 0 amide bonds. The summed E-state index contributed by atoms with van der Waals surface area (Å²) >= 11 is 0. The number of fused-ring (bicyclic) bond motifs is 2. The van der Waals surface area contributed by atoms with Crippen LogP contribution in [0.3, 0.4) is 0 Å². The van der Waals surface area contributed by atoms with Gasteiger partial charge in [-0.1, -0.05) is 36.4 Å². The first-order chi connectivity index (χ1) is 11.9. The highest BCUT2D eigenvalue weighted by Crippen LogP contribution is 2.18. The molecule has 5 nitrogen and oxygen atoms in total. The fraction of sp³-hybridized carbons (Fsp3) is 0. The van der Waals surface area contributed by atoms with Gasteiger partial charge in [0, 0.05) is 16.5 Å². The maximum atomic E-state index is 10.7. The lowest BCUT2D eigenvalue weighted by atomic mass is 10.1. The van der Waals surface area contributed by atoms with Crippen molar-refractivity contribution >= 4 is 37.5 Å². The van der Waals surface area contributed by atoms with Crippen LogP contribution in [-0.4, -0.2) is 13.4 Å². The number of para-hydroxylation sites is 2. The van der Waals surface area contributed by atoms with Crippen LogP contribution < -0.4 is 10.9 Å². The van der Waals surface area contributed by atoms with Crippen LogP contribution in [0.25, 0.3) is 21.8 Å². The smallest absolute Gasteiger partial charge is 0.238 e. The van der Waals surface area contributed by atoms with Gasteiger partial charge in [0.2, 0.25) is 10.0 Å². The number of pyridine rings is 1. The number of sulfonamides is 1. The zero-order valence-corrected chi connectivity index (χ0v) is 14.1. The first-order valence-corrected chi connectivity index (χ1v) is 9.11. The molecule has 1 heterocycles. The van der Waals surface area contributed by atoms with Crippen LogP contribution in [0.15, 0.2) is 83.8 Å². The number of rotatable bonds is 1. The summed E-state index contributed by atoms with van der Waals surface area (Å²) in [7, 11) is -3.58. The molecule has 0 saturated heterocycles. The van der Waals surface area contributed by atoms with Gasteiger partial charge in [-0.25, -0.2) is 18.5 Å². The Bertz CT molecular complexity index is 1020. The van der Waals surface area contributed by atoms with Gasteiger partial charge in [-0.15, -0.1) is 0 Å². The standard InChI is InChI=1S/C13H9N.C6H8N2O2S/c1-3-7-12-10(5-1)9-11-6-2-4-8-13(11)14-12;7-5-1-3-6(4-2-5)11(8,9)10/h1-9H;1-4H,7H2,(H2,8,9,10). The number of hydrogen-bond donors (Lipinski definition) is 2. The molecule has 0 spiro atoms. The zero-order chi connectivity index (χ0) is 17.9. The third-order valence-electron chi connectivity index (χ3n) is 3.63. The van der Waals surface area contributed by atoms with Gasteiger partial charge in [0.1, 0.15) is 0 Å². The summed E-state index contributed by atoms with van der Waals surface area (Å²) in [6.45, 7) is 0. The molecule has 0 bridgehead atoms. The van der Waals surface area contributed by atoms with E-state index in [-0.39, 0.29) is 4.90 Å². The predicted octanol–water partition coefficient (Wildman–Crippen LogP) is 3.30. The largest absolute Gasteiger partial charge is 0.399 e. The van der Waals surface area contributed by atoms with Crippen molar-refractivity contribution in [1.29, 1.82) is 0 Å². The molecule has 0 unspecified atom stereocenters. The second-order valence-corrected chi connectivity index (χ2v) is 7.05. The van der Waals surface area contributed by atoms with E-state index in [1.54, 1.807) is 0 Å². The Balaban J connectivity index is 0.000000151. The van der Waals surface area contributed by atoms with Gasteiger partial charge in [0.25, 0.3) is 0 Å². The summed E-state index contributed by atoms with van der Waals surface area (Å²) in [5.41, 5.74) is 7.97. The van der Waals surface area contributed by atoms with E-state index in [4.69, 9.17) is 10.9 Å². The summed E-state index contributed by atoms with van der Waals surface area (Å²) in [5, 5.41) is 7.24. The van der Waals surface area contributed by atoms with Gasteiger partial charge in [-0.3, -0.25) is 0 Å². The Morgan fingerprint density at radius 1 is 0.720 bits per heavy atom. The number of primary sulfonamides is 1. The van der Waals surface area contributed by atoms with Crippen molar-refractivity contribution in [2.75, 3.05) is 5.73 Å². The molecule has 4 rings (SSSR count). The number of nitrogens with zero attached hydrogens (tertiary/aromatic N) is 1. The minimum atomic E-state index is -3.58. The molecule has 1 aromatic heterocycles. The van der Waals surface area contributed by atoms with Crippen molar-refractivity contribution in [3.05, 3.63) is 78.9 Å². The van der Waals surface area contributed by atoms with Crippen LogP contribution in [0.2, 0.25) is 0 Å². The number of aromatic nitrogens is 1. The quantitative estimate of drug-likeness (QED) is 0.406. The van der Waals surface area contributed by atoms with Gasteiger partial charge in [-0.2, -0.15) is 0 Å². The van der Waals surface area contributed by atoms with Gasteiger partial charge < -0.3 is 5.73 Å². The number of nitrogens with two attached hydrogens (primary N) is 2. The molecule has 25 heavy (non-hydrogen) atoms. The van der Waals surface area contributed by atoms with E-state index in [9.17, 15) is 8.42 Å². The number of hydrogen-bond acceptors (Lipinski definition) is 4. The lowest BCUT2D eigenvalue weighted by Crippen LogP contribution is -2.11. The molecular formula is C19H17N3O2S. The Labute approximate surface area is 146 Å². The van der Waals surface area contributed by atoms with Gasteiger partial charge in [0.05, 0.1) is 15.9 Å². The van der Waals surface area contributed by atoms with E-state index in [1.165, 1.54) is 35.0 Å². The monoisotopic (exact) mass is 351 g/mol. The highest BCUT2D eigenvalue weighted by atomic mass is 32.2. The third kappa shape index (κ3) is 4.12. The second kappa shape index (κ2) is 6.88. The van der Waals surface area contributed by atoms with E-state index in [1.807, 2.05) is 36.4 Å². The number of anilines is 1. The molecule has 0 aliphatic carbocycles. The molecule has 0 fully saturated rings. The van der Waals surface area contributed by atoms with E-state index < -0.39 is 10.0 Å². The van der Waals surface area contributed by atoms with E-state index >= 15 is 0 Å². The Hall–Kier alpha value is -2.96. The predicted molar refractivity (Wildman–Crippen MR) is 101 cm³/mol. The molecule has 3 aromatic carbocycles. The summed E-state index contributed by atoms with van der Waals surface area (Å²) < 4.78 is 21.4. The minimum absolute atomic E-state index is 0.0756. The maximum Gasteiger partial charge on any atom is 0.238 e. The highest BCUT2D eigenvalue weighted by Gasteiger charge is 2.05. The van der Waals surface area contributed by atoms with Gasteiger partial charge in [0.15, 0.2) is 0 Å². The maximum absolute atomic E-state index is 10.7. The Kier molecular flexibility index (Phi) is 4.65. The van der Waals surface area contributed by atoms with Crippen molar-refractivity contribution in [3.63, 3.8) is 0 Å². The van der Waals surface area contributed by atoms with Crippen LogP contribution in [0.5, 0.6) is 0 Å². The summed E-state index contributed by atoms with van der Waals surface area (Å²) in [4.78, 5) is 4.65. The summed E-state index contributed by atoms with van der Waals surface area (Å²) in [5.74, 6) is 0. The number of nitrogen functional groups attached to an aromatic ring is 1. The van der Waals surface area contributed by atoms with Crippen molar-refractivity contribution in [1.82, 2.24) is 4.98 Å². The van der Waals surface area contributed by atoms with E-state index in [2.05, 4.69) is 23.2 Å². The molecule has 0 atom stereocenters. The van der Waals surface area contributed by atoms with Crippen molar-refractivity contribution < 1.29 is 8.42 Å². The van der Waals surface area contributed by atoms with Crippen molar-refractivity contribution in [3.8, 4) is 0 Å². The molecule has 0 aliphatic heterocycles.